The highest BCUT2D eigenvalue weighted by Gasteiger charge is 2.27. The molecule has 0 bridgehead atoms. The van der Waals surface area contributed by atoms with Gasteiger partial charge in [0.15, 0.2) is 0 Å². The van der Waals surface area contributed by atoms with Crippen LogP contribution in [0.25, 0.3) is 22.2 Å². The molecular formula is C32H29ClFN7O. The van der Waals surface area contributed by atoms with Crippen LogP contribution in [0.15, 0.2) is 77.9 Å². The van der Waals surface area contributed by atoms with E-state index in [1.165, 1.54) is 6.07 Å². The van der Waals surface area contributed by atoms with Crippen molar-refractivity contribution >= 4 is 40.0 Å². The summed E-state index contributed by atoms with van der Waals surface area (Å²) in [7, 11) is 0. The van der Waals surface area contributed by atoms with Crippen molar-refractivity contribution in [3.05, 3.63) is 106 Å². The van der Waals surface area contributed by atoms with E-state index >= 15 is 4.39 Å². The van der Waals surface area contributed by atoms with E-state index in [2.05, 4.69) is 26.7 Å². The zero-order valence-electron chi connectivity index (χ0n) is 22.9. The summed E-state index contributed by atoms with van der Waals surface area (Å²) < 4.78 is 16.7. The molecule has 2 fully saturated rings. The van der Waals surface area contributed by atoms with E-state index in [9.17, 15) is 4.79 Å². The molecule has 8 nitrogen and oxygen atoms in total. The number of fused-ring (bicyclic) bond motifs is 1. The largest absolute Gasteiger partial charge is 0.367 e. The highest BCUT2D eigenvalue weighted by molar-refractivity contribution is 6.33. The summed E-state index contributed by atoms with van der Waals surface area (Å²) in [5.41, 5.74) is 4.44. The molecule has 0 unspecified atom stereocenters. The maximum atomic E-state index is 15.1. The number of halogens is 2. The van der Waals surface area contributed by atoms with E-state index in [1.54, 1.807) is 35.2 Å². The second kappa shape index (κ2) is 11.2. The Kier molecular flexibility index (Phi) is 7.05. The number of hydrogen-bond donors (Lipinski definition) is 2. The van der Waals surface area contributed by atoms with Crippen molar-refractivity contribution < 1.29 is 4.39 Å². The van der Waals surface area contributed by atoms with Gasteiger partial charge in [-0.2, -0.15) is 4.98 Å². The number of aromatic nitrogens is 4. The first-order valence-corrected chi connectivity index (χ1v) is 14.5. The fraction of sp³-hybridized carbons (Fsp3) is 0.250. The Hall–Kier alpha value is -4.34. The van der Waals surface area contributed by atoms with Gasteiger partial charge in [0, 0.05) is 65.8 Å². The number of piperazine rings is 1. The summed E-state index contributed by atoms with van der Waals surface area (Å²) >= 11 is 6.52. The number of nitrogens with zero attached hydrogens (tertiary/aromatic N) is 5. The Labute approximate surface area is 247 Å². The fourth-order valence-electron chi connectivity index (χ4n) is 5.61. The molecule has 1 aliphatic carbocycles. The number of nitrogens with one attached hydrogen (secondary N) is 2. The molecule has 4 heterocycles. The van der Waals surface area contributed by atoms with Crippen LogP contribution >= 0.6 is 11.6 Å². The van der Waals surface area contributed by atoms with Crippen LogP contribution in [0.4, 0.5) is 21.7 Å². The Morgan fingerprint density at radius 1 is 1.00 bits per heavy atom. The van der Waals surface area contributed by atoms with E-state index in [0.29, 0.717) is 44.5 Å². The summed E-state index contributed by atoms with van der Waals surface area (Å²) in [5.74, 6) is 0.416. The average Bonchev–Trinajstić information content (AvgIpc) is 3.86. The minimum atomic E-state index is -0.313. The highest BCUT2D eigenvalue weighted by atomic mass is 35.5. The van der Waals surface area contributed by atoms with Gasteiger partial charge in [-0.1, -0.05) is 35.9 Å². The van der Waals surface area contributed by atoms with E-state index in [4.69, 9.17) is 16.6 Å². The van der Waals surface area contributed by atoms with Crippen molar-refractivity contribution in [2.45, 2.75) is 25.3 Å². The maximum absolute atomic E-state index is 15.1. The number of anilines is 3. The Bertz CT molecular complexity index is 1850. The van der Waals surface area contributed by atoms with Crippen molar-refractivity contribution in [1.82, 2.24) is 24.8 Å². The second-order valence-electron chi connectivity index (χ2n) is 10.7. The molecule has 212 valence electrons. The molecular weight excluding hydrogens is 553 g/mol. The molecule has 2 aliphatic rings. The Balaban J connectivity index is 1.30. The van der Waals surface area contributed by atoms with Gasteiger partial charge in [0.1, 0.15) is 11.5 Å². The maximum Gasteiger partial charge on any atom is 0.260 e. The summed E-state index contributed by atoms with van der Waals surface area (Å²) in [6.45, 7) is 3.41. The van der Waals surface area contributed by atoms with Gasteiger partial charge < -0.3 is 15.5 Å². The van der Waals surface area contributed by atoms with Crippen LogP contribution in [-0.4, -0.2) is 45.7 Å². The van der Waals surface area contributed by atoms with Crippen LogP contribution in [0.3, 0.4) is 0 Å². The fourth-order valence-corrected chi connectivity index (χ4v) is 5.85. The molecule has 10 heteroatoms. The zero-order chi connectivity index (χ0) is 28.6. The van der Waals surface area contributed by atoms with Gasteiger partial charge in [-0.3, -0.25) is 14.3 Å². The summed E-state index contributed by atoms with van der Waals surface area (Å²) in [5, 5.41) is 7.58. The van der Waals surface area contributed by atoms with Crippen LogP contribution in [-0.2, 0) is 6.54 Å². The first kappa shape index (κ1) is 26.6. The van der Waals surface area contributed by atoms with Gasteiger partial charge >= 0.3 is 0 Å². The first-order chi connectivity index (χ1) is 20.5. The predicted octanol–water partition coefficient (Wildman–Crippen LogP) is 5.72. The third-order valence-electron chi connectivity index (χ3n) is 7.90. The van der Waals surface area contributed by atoms with Crippen molar-refractivity contribution in [2.75, 3.05) is 36.4 Å². The monoisotopic (exact) mass is 581 g/mol. The lowest BCUT2D eigenvalue weighted by Gasteiger charge is -2.29. The van der Waals surface area contributed by atoms with Gasteiger partial charge in [-0.05, 0) is 60.7 Å². The lowest BCUT2D eigenvalue weighted by Crippen LogP contribution is -2.43. The van der Waals surface area contributed by atoms with E-state index in [0.717, 1.165) is 50.3 Å². The third kappa shape index (κ3) is 5.21. The van der Waals surface area contributed by atoms with Gasteiger partial charge in [-0.15, -0.1) is 0 Å². The summed E-state index contributed by atoms with van der Waals surface area (Å²) in [6, 6.07) is 18.1. The summed E-state index contributed by atoms with van der Waals surface area (Å²) in [4.78, 5) is 30.0. The minimum absolute atomic E-state index is 0.223. The molecule has 7 rings (SSSR count). The highest BCUT2D eigenvalue weighted by Crippen LogP contribution is 2.41. The molecule has 1 aliphatic heterocycles. The van der Waals surface area contributed by atoms with E-state index < -0.39 is 0 Å². The molecule has 1 saturated heterocycles. The SMILES string of the molecule is O=c1c(-c2ccccc2Cl)cc2cnc(Nc3ccc(N4CCNCC4)c(F)c3)nc2n1Cc1ncccc1C1CC1. The van der Waals surface area contributed by atoms with Gasteiger partial charge in [0.05, 0.1) is 17.9 Å². The Morgan fingerprint density at radius 2 is 1.83 bits per heavy atom. The number of hydrogen-bond acceptors (Lipinski definition) is 7. The van der Waals surface area contributed by atoms with Crippen molar-refractivity contribution in [1.29, 1.82) is 0 Å². The van der Waals surface area contributed by atoms with Crippen LogP contribution in [0.5, 0.6) is 0 Å². The van der Waals surface area contributed by atoms with Gasteiger partial charge in [0.25, 0.3) is 5.56 Å². The number of pyridine rings is 2. The zero-order valence-corrected chi connectivity index (χ0v) is 23.6. The van der Waals surface area contributed by atoms with Crippen LogP contribution in [0, 0.1) is 5.82 Å². The van der Waals surface area contributed by atoms with Gasteiger partial charge in [-0.25, -0.2) is 9.37 Å². The van der Waals surface area contributed by atoms with Crippen LogP contribution in [0.1, 0.15) is 30.0 Å². The molecule has 42 heavy (non-hydrogen) atoms. The predicted molar refractivity (Wildman–Crippen MR) is 164 cm³/mol. The lowest BCUT2D eigenvalue weighted by molar-refractivity contribution is 0.566. The number of benzene rings is 2. The molecule has 0 amide bonds. The standard InChI is InChI=1S/C32H29ClFN7O/c33-26-6-2-1-4-24(26)25-16-21-18-37-32(38-22-9-10-29(27(34)17-22)40-14-12-35-13-15-40)39-30(21)41(31(25)42)19-28-23(20-7-8-20)5-3-11-36-28/h1-6,9-11,16-18,20,35H,7-8,12-15,19H2,(H,37,38,39). The van der Waals surface area contributed by atoms with Gasteiger partial charge in [0.2, 0.25) is 5.95 Å². The van der Waals surface area contributed by atoms with Crippen molar-refractivity contribution in [3.63, 3.8) is 0 Å². The molecule has 0 spiro atoms. The molecule has 2 aromatic carbocycles. The number of rotatable bonds is 7. The molecule has 1 saturated carbocycles. The first-order valence-electron chi connectivity index (χ1n) is 14.2. The second-order valence-corrected chi connectivity index (χ2v) is 11.2. The van der Waals surface area contributed by atoms with E-state index in [-0.39, 0.29) is 23.9 Å². The Morgan fingerprint density at radius 3 is 2.62 bits per heavy atom. The average molecular weight is 582 g/mol. The normalized spacial score (nSPS) is 15.2. The molecule has 2 N–H and O–H groups in total. The van der Waals surface area contributed by atoms with E-state index in [1.807, 2.05) is 35.2 Å². The topological polar surface area (TPSA) is 88.0 Å². The molecule has 0 radical (unpaired) electrons. The lowest BCUT2D eigenvalue weighted by atomic mass is 10.1. The van der Waals surface area contributed by atoms with Crippen molar-refractivity contribution in [2.24, 2.45) is 0 Å². The minimum Gasteiger partial charge on any atom is -0.367 e. The van der Waals surface area contributed by atoms with Crippen molar-refractivity contribution in [3.8, 4) is 11.1 Å². The molecule has 5 aromatic rings. The smallest absolute Gasteiger partial charge is 0.260 e. The third-order valence-corrected chi connectivity index (χ3v) is 8.23. The molecule has 3 aromatic heterocycles. The summed E-state index contributed by atoms with van der Waals surface area (Å²) in [6.07, 6.45) is 5.67. The quantitative estimate of drug-likeness (QED) is 0.254. The van der Waals surface area contributed by atoms with Crippen LogP contribution < -0.4 is 21.1 Å². The van der Waals surface area contributed by atoms with Crippen LogP contribution in [0.2, 0.25) is 5.02 Å². The molecule has 0 atom stereocenters.